The molecule has 0 saturated heterocycles. The highest BCUT2D eigenvalue weighted by Crippen LogP contribution is 2.30. The molecule has 1 saturated carbocycles. The van der Waals surface area contributed by atoms with Crippen LogP contribution >= 0.6 is 0 Å². The van der Waals surface area contributed by atoms with Crippen molar-refractivity contribution < 1.29 is 0 Å². The van der Waals surface area contributed by atoms with Crippen molar-refractivity contribution in [1.82, 2.24) is 15.0 Å². The topological polar surface area (TPSA) is 56.7 Å². The van der Waals surface area contributed by atoms with Crippen LogP contribution in [0.25, 0.3) is 0 Å². The van der Waals surface area contributed by atoms with Crippen LogP contribution in [-0.2, 0) is 13.0 Å². The first-order valence-corrected chi connectivity index (χ1v) is 5.99. The minimum Gasteiger partial charge on any atom is -0.325 e. The van der Waals surface area contributed by atoms with Gasteiger partial charge < -0.3 is 5.73 Å². The molecule has 0 aliphatic heterocycles. The molecule has 2 N–H and O–H groups in total. The Kier molecular flexibility index (Phi) is 3.36. The molecule has 0 amide bonds. The standard InChI is InChI=1S/C11H20N4/c1-2-5-11-10(8-12)13-14-15(11)9-6-3-4-7-9/h9H,2-8,12H2,1H3. The Morgan fingerprint density at radius 1 is 1.40 bits per heavy atom. The van der Waals surface area contributed by atoms with Gasteiger partial charge >= 0.3 is 0 Å². The van der Waals surface area contributed by atoms with Crippen molar-refractivity contribution in [3.63, 3.8) is 0 Å². The van der Waals surface area contributed by atoms with Crippen LogP contribution in [-0.4, -0.2) is 15.0 Å². The third kappa shape index (κ3) is 2.04. The Hall–Kier alpha value is -0.900. The van der Waals surface area contributed by atoms with E-state index in [1.165, 1.54) is 31.4 Å². The molecule has 84 valence electrons. The number of hydrogen-bond donors (Lipinski definition) is 1. The van der Waals surface area contributed by atoms with E-state index in [9.17, 15) is 0 Å². The highest BCUT2D eigenvalue weighted by atomic mass is 15.4. The van der Waals surface area contributed by atoms with Crippen LogP contribution in [0.2, 0.25) is 0 Å². The lowest BCUT2D eigenvalue weighted by atomic mass is 10.1. The van der Waals surface area contributed by atoms with Crippen molar-refractivity contribution in [3.8, 4) is 0 Å². The summed E-state index contributed by atoms with van der Waals surface area (Å²) >= 11 is 0. The number of aromatic nitrogens is 3. The van der Waals surface area contributed by atoms with Gasteiger partial charge in [-0.1, -0.05) is 31.4 Å². The molecule has 4 heteroatoms. The molecule has 2 rings (SSSR count). The summed E-state index contributed by atoms with van der Waals surface area (Å²) in [7, 11) is 0. The Morgan fingerprint density at radius 3 is 2.73 bits per heavy atom. The minimum atomic E-state index is 0.516. The van der Waals surface area contributed by atoms with Crippen LogP contribution in [0.3, 0.4) is 0 Å². The van der Waals surface area contributed by atoms with Crippen LogP contribution in [0.5, 0.6) is 0 Å². The van der Waals surface area contributed by atoms with Crippen molar-refractivity contribution in [2.75, 3.05) is 0 Å². The zero-order chi connectivity index (χ0) is 10.7. The van der Waals surface area contributed by atoms with Crippen LogP contribution in [0.1, 0.15) is 56.5 Å². The predicted octanol–water partition coefficient (Wildman–Crippen LogP) is 1.80. The molecule has 1 fully saturated rings. The van der Waals surface area contributed by atoms with Crippen molar-refractivity contribution in [2.45, 2.75) is 58.0 Å². The van der Waals surface area contributed by atoms with E-state index in [1.54, 1.807) is 0 Å². The molecule has 1 aliphatic rings. The fraction of sp³-hybridized carbons (Fsp3) is 0.818. The lowest BCUT2D eigenvalue weighted by Crippen LogP contribution is -2.12. The summed E-state index contributed by atoms with van der Waals surface area (Å²) in [4.78, 5) is 0. The second-order valence-electron chi connectivity index (χ2n) is 4.32. The third-order valence-corrected chi connectivity index (χ3v) is 3.22. The van der Waals surface area contributed by atoms with E-state index in [4.69, 9.17) is 5.73 Å². The van der Waals surface area contributed by atoms with Crippen molar-refractivity contribution >= 4 is 0 Å². The molecular weight excluding hydrogens is 188 g/mol. The Balaban J connectivity index is 2.24. The summed E-state index contributed by atoms with van der Waals surface area (Å²) in [6.45, 7) is 2.70. The maximum Gasteiger partial charge on any atom is 0.0994 e. The third-order valence-electron chi connectivity index (χ3n) is 3.22. The predicted molar refractivity (Wildman–Crippen MR) is 59.4 cm³/mol. The SMILES string of the molecule is CCCc1c(CN)nnn1C1CCCC1. The van der Waals surface area contributed by atoms with Crippen molar-refractivity contribution in [2.24, 2.45) is 5.73 Å². The zero-order valence-electron chi connectivity index (χ0n) is 9.45. The van der Waals surface area contributed by atoms with Gasteiger partial charge in [-0.15, -0.1) is 5.10 Å². The maximum atomic E-state index is 5.68. The summed E-state index contributed by atoms with van der Waals surface area (Å²) in [5, 5.41) is 8.46. The second-order valence-corrected chi connectivity index (χ2v) is 4.32. The first-order chi connectivity index (χ1) is 7.36. The van der Waals surface area contributed by atoms with Gasteiger partial charge in [-0.2, -0.15) is 0 Å². The van der Waals surface area contributed by atoms with Crippen LogP contribution in [0.4, 0.5) is 0 Å². The molecule has 1 aromatic heterocycles. The molecule has 0 aromatic carbocycles. The van der Waals surface area contributed by atoms with Gasteiger partial charge in [0.1, 0.15) is 0 Å². The lowest BCUT2D eigenvalue weighted by molar-refractivity contribution is 0.437. The van der Waals surface area contributed by atoms with Gasteiger partial charge in [0.05, 0.1) is 17.4 Å². The van der Waals surface area contributed by atoms with Crippen LogP contribution in [0.15, 0.2) is 0 Å². The Bertz CT molecular complexity index is 312. The summed E-state index contributed by atoms with van der Waals surface area (Å²) in [5.74, 6) is 0. The highest BCUT2D eigenvalue weighted by Gasteiger charge is 2.22. The van der Waals surface area contributed by atoms with E-state index >= 15 is 0 Å². The number of hydrogen-bond acceptors (Lipinski definition) is 3. The average molecular weight is 208 g/mol. The number of rotatable bonds is 4. The largest absolute Gasteiger partial charge is 0.325 e. The van der Waals surface area contributed by atoms with Gasteiger partial charge in [-0.25, -0.2) is 4.68 Å². The molecule has 1 heterocycles. The summed E-state index contributed by atoms with van der Waals surface area (Å²) in [6, 6.07) is 0.583. The number of nitrogens with two attached hydrogens (primary N) is 1. The normalized spacial score (nSPS) is 17.5. The molecule has 0 unspecified atom stereocenters. The quantitative estimate of drug-likeness (QED) is 0.821. The molecule has 0 atom stereocenters. The highest BCUT2D eigenvalue weighted by molar-refractivity contribution is 5.11. The van der Waals surface area contributed by atoms with E-state index in [0.717, 1.165) is 18.5 Å². The van der Waals surface area contributed by atoms with Crippen LogP contribution in [0, 0.1) is 0 Å². The second kappa shape index (κ2) is 4.75. The molecular formula is C11H20N4. The number of nitrogens with zero attached hydrogens (tertiary/aromatic N) is 3. The zero-order valence-corrected chi connectivity index (χ0v) is 9.45. The van der Waals surface area contributed by atoms with E-state index in [-0.39, 0.29) is 0 Å². The molecule has 0 spiro atoms. The summed E-state index contributed by atoms with van der Waals surface area (Å²) in [6.07, 6.45) is 7.35. The molecule has 15 heavy (non-hydrogen) atoms. The molecule has 4 nitrogen and oxygen atoms in total. The van der Waals surface area contributed by atoms with Crippen molar-refractivity contribution in [1.29, 1.82) is 0 Å². The van der Waals surface area contributed by atoms with Gasteiger partial charge in [0, 0.05) is 6.54 Å². The average Bonchev–Trinajstić information content (AvgIpc) is 2.85. The summed E-state index contributed by atoms with van der Waals surface area (Å²) < 4.78 is 2.14. The van der Waals surface area contributed by atoms with Gasteiger partial charge in [0.15, 0.2) is 0 Å². The fourth-order valence-corrected chi connectivity index (χ4v) is 2.44. The van der Waals surface area contributed by atoms with E-state index in [2.05, 4.69) is 21.9 Å². The van der Waals surface area contributed by atoms with Gasteiger partial charge in [-0.05, 0) is 19.3 Å². The van der Waals surface area contributed by atoms with Gasteiger partial charge in [0.25, 0.3) is 0 Å². The smallest absolute Gasteiger partial charge is 0.0994 e. The van der Waals surface area contributed by atoms with Crippen molar-refractivity contribution in [3.05, 3.63) is 11.4 Å². The first-order valence-electron chi connectivity index (χ1n) is 5.99. The van der Waals surface area contributed by atoms with E-state index in [1.807, 2.05) is 0 Å². The van der Waals surface area contributed by atoms with Gasteiger partial charge in [-0.3, -0.25) is 0 Å². The monoisotopic (exact) mass is 208 g/mol. The fourth-order valence-electron chi connectivity index (χ4n) is 2.44. The van der Waals surface area contributed by atoms with Gasteiger partial charge in [0.2, 0.25) is 0 Å². The summed E-state index contributed by atoms with van der Waals surface area (Å²) in [5.41, 5.74) is 7.94. The minimum absolute atomic E-state index is 0.516. The van der Waals surface area contributed by atoms with Crippen LogP contribution < -0.4 is 5.73 Å². The molecule has 0 bridgehead atoms. The molecule has 1 aliphatic carbocycles. The first kappa shape index (κ1) is 10.6. The maximum absolute atomic E-state index is 5.68. The molecule has 0 radical (unpaired) electrons. The Labute approximate surface area is 90.8 Å². The molecule has 1 aromatic rings. The lowest BCUT2D eigenvalue weighted by Gasteiger charge is -2.13. The Morgan fingerprint density at radius 2 is 2.13 bits per heavy atom. The van der Waals surface area contributed by atoms with E-state index < -0.39 is 0 Å². The van der Waals surface area contributed by atoms with E-state index in [0.29, 0.717) is 12.6 Å².